The third-order valence-electron chi connectivity index (χ3n) is 4.17. The van der Waals surface area contributed by atoms with Crippen molar-refractivity contribution in [3.05, 3.63) is 75.7 Å². The van der Waals surface area contributed by atoms with Gasteiger partial charge in [0.05, 0.1) is 15.5 Å². The molecule has 0 unspecified atom stereocenters. The van der Waals surface area contributed by atoms with E-state index in [1.54, 1.807) is 24.3 Å². The molecule has 0 atom stereocenters. The van der Waals surface area contributed by atoms with Crippen LogP contribution in [0.25, 0.3) is 5.57 Å². The molecule has 144 valence electrons. The van der Waals surface area contributed by atoms with Gasteiger partial charge in [-0.25, -0.2) is 4.79 Å². The van der Waals surface area contributed by atoms with E-state index < -0.39 is 5.97 Å². The second kappa shape index (κ2) is 8.81. The summed E-state index contributed by atoms with van der Waals surface area (Å²) in [4.78, 5) is 28.8. The normalized spacial score (nSPS) is 19.7. The van der Waals surface area contributed by atoms with Crippen molar-refractivity contribution in [2.75, 3.05) is 13.1 Å². The number of rotatable bonds is 6. The van der Waals surface area contributed by atoms with Crippen LogP contribution in [0.15, 0.2) is 64.5 Å². The second-order valence-electron chi connectivity index (χ2n) is 5.84. The molecule has 3 rings (SSSR count). The molecule has 0 aliphatic carbocycles. The Kier molecular flexibility index (Phi) is 6.43. The number of amides is 1. The summed E-state index contributed by atoms with van der Waals surface area (Å²) >= 11 is 8.08. The molecule has 5 nitrogen and oxygen atoms in total. The third kappa shape index (κ3) is 3.94. The predicted octanol–water partition coefficient (Wildman–Crippen LogP) is 4.52. The molecule has 0 spiro atoms. The van der Waals surface area contributed by atoms with E-state index in [0.717, 1.165) is 11.6 Å². The summed E-state index contributed by atoms with van der Waals surface area (Å²) in [6.45, 7) is 6.78. The highest BCUT2D eigenvalue weighted by atomic mass is 32.2. The van der Waals surface area contributed by atoms with E-state index in [0.29, 0.717) is 26.9 Å². The van der Waals surface area contributed by atoms with Crippen LogP contribution in [0.2, 0.25) is 0 Å². The second-order valence-corrected chi connectivity index (χ2v) is 8.41. The Hall–Kier alpha value is -2.29. The van der Waals surface area contributed by atoms with Crippen LogP contribution in [0.4, 0.5) is 0 Å². The number of hydrogen-bond donors (Lipinski definition) is 1. The van der Waals surface area contributed by atoms with Gasteiger partial charge in [-0.2, -0.15) is 0 Å². The fourth-order valence-electron chi connectivity index (χ4n) is 2.83. The molecule has 2 aliphatic heterocycles. The zero-order valence-electron chi connectivity index (χ0n) is 15.1. The Morgan fingerprint density at radius 2 is 2.04 bits per heavy atom. The van der Waals surface area contributed by atoms with Crippen LogP contribution in [-0.2, 0) is 4.79 Å². The van der Waals surface area contributed by atoms with Gasteiger partial charge in [-0.3, -0.25) is 9.69 Å². The number of hydrogen-bond acceptors (Lipinski definition) is 6. The molecule has 1 aromatic rings. The number of nitrogens with zero attached hydrogens (tertiary/aromatic N) is 2. The average Bonchev–Trinajstić information content (AvgIpc) is 3.25. The summed E-state index contributed by atoms with van der Waals surface area (Å²) < 4.78 is 0.438. The summed E-state index contributed by atoms with van der Waals surface area (Å²) in [6, 6.07) is 6.70. The SMILES string of the molecule is C=CCN1C(=O)C(=C(C=C2SC=CN2CC)c2ccccc2C(=O)O)SC1=S. The number of carboxylic acid groups (broad SMARTS) is 1. The van der Waals surface area contributed by atoms with Crippen LogP contribution in [0.5, 0.6) is 0 Å². The summed E-state index contributed by atoms with van der Waals surface area (Å²) in [5.74, 6) is -1.28. The van der Waals surface area contributed by atoms with Crippen molar-refractivity contribution in [3.63, 3.8) is 0 Å². The standard InChI is InChI=1S/C20H18N2O3S3/c1-3-9-22-18(23)17(28-20(22)26)15(12-16-21(4-2)10-11-27-16)13-7-5-6-8-14(13)19(24)25/h3,5-8,10-12H,1,4,9H2,2H3,(H,24,25). The van der Waals surface area contributed by atoms with Crippen molar-refractivity contribution in [1.82, 2.24) is 9.80 Å². The molecule has 0 saturated carbocycles. The maximum atomic E-state index is 13.0. The Morgan fingerprint density at radius 1 is 1.32 bits per heavy atom. The number of carbonyl (C=O) groups is 2. The molecular weight excluding hydrogens is 412 g/mol. The highest BCUT2D eigenvalue weighted by molar-refractivity contribution is 8.26. The van der Waals surface area contributed by atoms with E-state index in [1.165, 1.54) is 34.5 Å². The molecule has 1 fully saturated rings. The van der Waals surface area contributed by atoms with Crippen molar-refractivity contribution in [2.45, 2.75) is 6.92 Å². The van der Waals surface area contributed by atoms with Crippen LogP contribution in [-0.4, -0.2) is 44.2 Å². The first-order valence-corrected chi connectivity index (χ1v) is 10.6. The Morgan fingerprint density at radius 3 is 2.68 bits per heavy atom. The van der Waals surface area contributed by atoms with E-state index in [1.807, 2.05) is 29.5 Å². The molecule has 1 N–H and O–H groups in total. The van der Waals surface area contributed by atoms with Crippen molar-refractivity contribution in [1.29, 1.82) is 0 Å². The van der Waals surface area contributed by atoms with Crippen LogP contribution < -0.4 is 0 Å². The van der Waals surface area contributed by atoms with Crippen molar-refractivity contribution < 1.29 is 14.7 Å². The van der Waals surface area contributed by atoms with Crippen molar-refractivity contribution in [2.24, 2.45) is 0 Å². The monoisotopic (exact) mass is 430 g/mol. The first kappa shape index (κ1) is 20.4. The Balaban J connectivity index is 2.21. The van der Waals surface area contributed by atoms with Gasteiger partial charge in [0.15, 0.2) is 0 Å². The van der Waals surface area contributed by atoms with E-state index in [9.17, 15) is 14.7 Å². The molecule has 8 heteroatoms. The number of carboxylic acids is 1. The molecule has 28 heavy (non-hydrogen) atoms. The van der Waals surface area contributed by atoms with Gasteiger partial charge in [0, 0.05) is 24.9 Å². The van der Waals surface area contributed by atoms with Gasteiger partial charge in [-0.05, 0) is 30.0 Å². The van der Waals surface area contributed by atoms with E-state index in [-0.39, 0.29) is 11.5 Å². The van der Waals surface area contributed by atoms with Gasteiger partial charge in [0.25, 0.3) is 5.91 Å². The fraction of sp³-hybridized carbons (Fsp3) is 0.150. The smallest absolute Gasteiger partial charge is 0.336 e. The molecule has 2 aliphatic rings. The third-order valence-corrected chi connectivity index (χ3v) is 6.49. The van der Waals surface area contributed by atoms with E-state index >= 15 is 0 Å². The van der Waals surface area contributed by atoms with Crippen LogP contribution in [0, 0.1) is 0 Å². The summed E-state index contributed by atoms with van der Waals surface area (Å²) in [5.41, 5.74) is 1.19. The number of allylic oxidation sites excluding steroid dienone is 2. The molecule has 0 aromatic heterocycles. The zero-order valence-corrected chi connectivity index (χ0v) is 17.6. The lowest BCUT2D eigenvalue weighted by Crippen LogP contribution is -2.28. The van der Waals surface area contributed by atoms with Gasteiger partial charge < -0.3 is 10.0 Å². The molecule has 0 radical (unpaired) electrons. The number of thioether (sulfide) groups is 2. The highest BCUT2D eigenvalue weighted by Crippen LogP contribution is 2.41. The first-order chi connectivity index (χ1) is 13.5. The van der Waals surface area contributed by atoms with Gasteiger partial charge in [-0.15, -0.1) is 6.58 Å². The lowest BCUT2D eigenvalue weighted by Gasteiger charge is -2.17. The number of aromatic carboxylic acids is 1. The lowest BCUT2D eigenvalue weighted by molar-refractivity contribution is -0.121. The van der Waals surface area contributed by atoms with Gasteiger partial charge in [0.2, 0.25) is 0 Å². The van der Waals surface area contributed by atoms with Crippen LogP contribution >= 0.6 is 35.7 Å². The van der Waals surface area contributed by atoms with E-state index in [2.05, 4.69) is 6.58 Å². The Labute approximate surface area is 177 Å². The fourth-order valence-corrected chi connectivity index (χ4v) is 5.02. The molecule has 1 amide bonds. The first-order valence-electron chi connectivity index (χ1n) is 8.51. The quantitative estimate of drug-likeness (QED) is 0.404. The van der Waals surface area contributed by atoms with Crippen molar-refractivity contribution in [3.8, 4) is 0 Å². The van der Waals surface area contributed by atoms with Gasteiger partial charge in [0.1, 0.15) is 4.32 Å². The molecular formula is C20H18N2O3S3. The number of carbonyl (C=O) groups excluding carboxylic acids is 1. The number of benzene rings is 1. The molecule has 1 aromatic carbocycles. The minimum atomic E-state index is -1.04. The summed E-state index contributed by atoms with van der Waals surface area (Å²) in [7, 11) is 0. The summed E-state index contributed by atoms with van der Waals surface area (Å²) in [5, 5.41) is 12.5. The maximum Gasteiger partial charge on any atom is 0.336 e. The highest BCUT2D eigenvalue weighted by Gasteiger charge is 2.34. The zero-order chi connectivity index (χ0) is 20.3. The maximum absolute atomic E-state index is 13.0. The molecule has 2 heterocycles. The minimum absolute atomic E-state index is 0.141. The largest absolute Gasteiger partial charge is 0.478 e. The van der Waals surface area contributed by atoms with Crippen molar-refractivity contribution >= 4 is 57.5 Å². The Bertz CT molecular complexity index is 950. The van der Waals surface area contributed by atoms with Crippen LogP contribution in [0.3, 0.4) is 0 Å². The van der Waals surface area contributed by atoms with E-state index in [4.69, 9.17) is 12.2 Å². The molecule has 0 bridgehead atoms. The van der Waals surface area contributed by atoms with Gasteiger partial charge >= 0.3 is 5.97 Å². The van der Waals surface area contributed by atoms with Crippen LogP contribution in [0.1, 0.15) is 22.8 Å². The summed E-state index contributed by atoms with van der Waals surface area (Å²) in [6.07, 6.45) is 5.45. The molecule has 1 saturated heterocycles. The minimum Gasteiger partial charge on any atom is -0.478 e. The topological polar surface area (TPSA) is 60.9 Å². The van der Waals surface area contributed by atoms with Gasteiger partial charge in [-0.1, -0.05) is 60.0 Å². The average molecular weight is 431 g/mol. The lowest BCUT2D eigenvalue weighted by atomic mass is 9.98. The number of thiocarbonyl (C=S) groups is 1. The predicted molar refractivity (Wildman–Crippen MR) is 120 cm³/mol.